The van der Waals surface area contributed by atoms with Gasteiger partial charge in [-0.15, -0.1) is 0 Å². The molecule has 1 amide bonds. The summed E-state index contributed by atoms with van der Waals surface area (Å²) in [5.41, 5.74) is 0. The normalized spacial score (nSPS) is 24.3. The number of ether oxygens (including phenoxy) is 1. The van der Waals surface area contributed by atoms with E-state index in [1.807, 2.05) is 14.0 Å². The highest BCUT2D eigenvalue weighted by Crippen LogP contribution is 2.06. The largest absolute Gasteiger partial charge is 0.379 e. The van der Waals surface area contributed by atoms with E-state index in [9.17, 15) is 4.79 Å². The van der Waals surface area contributed by atoms with Crippen LogP contribution < -0.4 is 10.6 Å². The van der Waals surface area contributed by atoms with Crippen molar-refractivity contribution in [3.05, 3.63) is 0 Å². The average molecular weight is 200 g/mol. The van der Waals surface area contributed by atoms with Gasteiger partial charge in [-0.1, -0.05) is 6.92 Å². The van der Waals surface area contributed by atoms with Crippen LogP contribution in [0.25, 0.3) is 0 Å². The van der Waals surface area contributed by atoms with Gasteiger partial charge in [-0.3, -0.25) is 4.79 Å². The molecule has 1 aliphatic rings. The van der Waals surface area contributed by atoms with Crippen LogP contribution >= 0.6 is 0 Å². The molecule has 1 saturated heterocycles. The molecule has 4 nitrogen and oxygen atoms in total. The van der Waals surface area contributed by atoms with Gasteiger partial charge in [0, 0.05) is 19.1 Å². The highest BCUT2D eigenvalue weighted by atomic mass is 16.5. The highest BCUT2D eigenvalue weighted by molar-refractivity contribution is 5.78. The lowest BCUT2D eigenvalue weighted by Gasteiger charge is -2.24. The summed E-state index contributed by atoms with van der Waals surface area (Å²) in [6.45, 7) is 4.14. The third-order valence-electron chi connectivity index (χ3n) is 2.46. The number of carbonyl (C=O) groups excluding carboxylic acids is 1. The number of amides is 1. The molecule has 0 aromatic rings. The summed E-state index contributed by atoms with van der Waals surface area (Å²) in [6, 6.07) is 0.218. The van der Waals surface area contributed by atoms with Crippen molar-refractivity contribution in [2.75, 3.05) is 26.8 Å². The Balaban J connectivity index is 2.24. The Morgan fingerprint density at radius 1 is 1.64 bits per heavy atom. The van der Waals surface area contributed by atoms with E-state index in [4.69, 9.17) is 4.74 Å². The van der Waals surface area contributed by atoms with E-state index in [0.29, 0.717) is 6.61 Å². The van der Waals surface area contributed by atoms with Gasteiger partial charge in [0.05, 0.1) is 12.6 Å². The van der Waals surface area contributed by atoms with Crippen LogP contribution in [0, 0.1) is 5.92 Å². The van der Waals surface area contributed by atoms with Gasteiger partial charge in [0.2, 0.25) is 5.91 Å². The molecule has 2 N–H and O–H groups in total. The van der Waals surface area contributed by atoms with Crippen molar-refractivity contribution in [2.24, 2.45) is 5.92 Å². The number of nitrogens with one attached hydrogen (secondary N) is 2. The lowest BCUT2D eigenvalue weighted by Crippen LogP contribution is -2.44. The number of rotatable bonds is 4. The molecule has 0 aliphatic carbocycles. The molecule has 0 bridgehead atoms. The predicted octanol–water partition coefficient (Wildman–Crippen LogP) is 0.137. The van der Waals surface area contributed by atoms with Crippen molar-refractivity contribution >= 4 is 5.91 Å². The Bertz CT molecular complexity index is 179. The summed E-state index contributed by atoms with van der Waals surface area (Å²) in [6.07, 6.45) is 2.09. The van der Waals surface area contributed by atoms with Gasteiger partial charge < -0.3 is 15.4 Å². The molecule has 2 atom stereocenters. The number of hydrogen-bond donors (Lipinski definition) is 2. The fraction of sp³-hybridized carbons (Fsp3) is 0.900. The van der Waals surface area contributed by atoms with Gasteiger partial charge in [-0.2, -0.15) is 0 Å². The lowest BCUT2D eigenvalue weighted by atomic mass is 10.1. The van der Waals surface area contributed by atoms with Gasteiger partial charge in [0.15, 0.2) is 0 Å². The van der Waals surface area contributed by atoms with Crippen molar-refractivity contribution in [3.8, 4) is 0 Å². The quantitative estimate of drug-likeness (QED) is 0.678. The summed E-state index contributed by atoms with van der Waals surface area (Å²) in [5.74, 6) is 0.150. The monoisotopic (exact) mass is 200 g/mol. The summed E-state index contributed by atoms with van der Waals surface area (Å²) in [5, 5.41) is 5.99. The lowest BCUT2D eigenvalue weighted by molar-refractivity contribution is -0.126. The van der Waals surface area contributed by atoms with Crippen LogP contribution in [0.4, 0.5) is 0 Å². The first-order valence-electron chi connectivity index (χ1n) is 5.26. The number of carbonyl (C=O) groups is 1. The van der Waals surface area contributed by atoms with Crippen molar-refractivity contribution in [3.63, 3.8) is 0 Å². The maximum absolute atomic E-state index is 11.6. The van der Waals surface area contributed by atoms with Crippen molar-refractivity contribution < 1.29 is 9.53 Å². The number of hydrogen-bond acceptors (Lipinski definition) is 3. The minimum atomic E-state index is 0.0296. The van der Waals surface area contributed by atoms with Gasteiger partial charge in [0.25, 0.3) is 0 Å². The summed E-state index contributed by atoms with van der Waals surface area (Å²) >= 11 is 0. The Morgan fingerprint density at radius 3 is 3.00 bits per heavy atom. The second-order valence-corrected chi connectivity index (χ2v) is 3.88. The standard InChI is InChI=1S/C10H20N2O2/c1-8(6-11-2)10(13)12-9-4-3-5-14-7-9/h8-9,11H,3-7H2,1-2H3,(H,12,13). The summed E-state index contributed by atoms with van der Waals surface area (Å²) < 4.78 is 5.29. The SMILES string of the molecule is CNCC(C)C(=O)NC1CCCOC1. The van der Waals surface area contributed by atoms with Crippen LogP contribution in [0.15, 0.2) is 0 Å². The van der Waals surface area contributed by atoms with Crippen LogP contribution in [-0.2, 0) is 9.53 Å². The predicted molar refractivity (Wildman–Crippen MR) is 55.1 cm³/mol. The van der Waals surface area contributed by atoms with E-state index in [1.165, 1.54) is 0 Å². The molecular weight excluding hydrogens is 180 g/mol. The van der Waals surface area contributed by atoms with Crippen molar-refractivity contribution in [1.82, 2.24) is 10.6 Å². The van der Waals surface area contributed by atoms with Crippen molar-refractivity contribution in [1.29, 1.82) is 0 Å². The van der Waals surface area contributed by atoms with E-state index in [-0.39, 0.29) is 17.9 Å². The van der Waals surface area contributed by atoms with Crippen LogP contribution in [0.3, 0.4) is 0 Å². The zero-order valence-corrected chi connectivity index (χ0v) is 9.01. The molecule has 0 aromatic carbocycles. The molecule has 4 heteroatoms. The maximum atomic E-state index is 11.6. The average Bonchev–Trinajstić information content (AvgIpc) is 2.19. The van der Waals surface area contributed by atoms with E-state index >= 15 is 0 Å². The Hall–Kier alpha value is -0.610. The minimum Gasteiger partial charge on any atom is -0.379 e. The van der Waals surface area contributed by atoms with E-state index in [0.717, 1.165) is 26.0 Å². The summed E-state index contributed by atoms with van der Waals surface area (Å²) in [4.78, 5) is 11.6. The van der Waals surface area contributed by atoms with Gasteiger partial charge in [0.1, 0.15) is 0 Å². The van der Waals surface area contributed by atoms with Crippen molar-refractivity contribution in [2.45, 2.75) is 25.8 Å². The summed E-state index contributed by atoms with van der Waals surface area (Å²) in [7, 11) is 1.85. The third-order valence-corrected chi connectivity index (χ3v) is 2.46. The molecule has 82 valence electrons. The zero-order valence-electron chi connectivity index (χ0n) is 9.01. The first-order chi connectivity index (χ1) is 6.74. The fourth-order valence-electron chi connectivity index (χ4n) is 1.60. The molecular formula is C10H20N2O2. The van der Waals surface area contributed by atoms with Gasteiger partial charge in [-0.25, -0.2) is 0 Å². The van der Waals surface area contributed by atoms with E-state index in [2.05, 4.69) is 10.6 Å². The molecule has 1 rings (SSSR count). The van der Waals surface area contributed by atoms with Crippen LogP contribution in [0.2, 0.25) is 0 Å². The maximum Gasteiger partial charge on any atom is 0.224 e. The molecule has 2 unspecified atom stereocenters. The Kier molecular flexibility index (Phi) is 4.90. The fourth-order valence-corrected chi connectivity index (χ4v) is 1.60. The Morgan fingerprint density at radius 2 is 2.43 bits per heavy atom. The van der Waals surface area contributed by atoms with E-state index < -0.39 is 0 Å². The minimum absolute atomic E-state index is 0.0296. The van der Waals surface area contributed by atoms with Crippen LogP contribution in [0.5, 0.6) is 0 Å². The first-order valence-corrected chi connectivity index (χ1v) is 5.26. The molecule has 0 aromatic heterocycles. The van der Waals surface area contributed by atoms with E-state index in [1.54, 1.807) is 0 Å². The molecule has 0 saturated carbocycles. The molecule has 14 heavy (non-hydrogen) atoms. The second kappa shape index (κ2) is 5.98. The third kappa shape index (κ3) is 3.64. The smallest absolute Gasteiger partial charge is 0.224 e. The molecule has 1 aliphatic heterocycles. The topological polar surface area (TPSA) is 50.4 Å². The molecule has 0 radical (unpaired) electrons. The zero-order chi connectivity index (χ0) is 10.4. The van der Waals surface area contributed by atoms with Gasteiger partial charge in [-0.05, 0) is 19.9 Å². The highest BCUT2D eigenvalue weighted by Gasteiger charge is 2.19. The molecule has 1 heterocycles. The van der Waals surface area contributed by atoms with Crippen LogP contribution in [0.1, 0.15) is 19.8 Å². The molecule has 0 spiro atoms. The Labute approximate surface area is 85.4 Å². The first kappa shape index (κ1) is 11.5. The second-order valence-electron chi connectivity index (χ2n) is 3.88. The van der Waals surface area contributed by atoms with Gasteiger partial charge >= 0.3 is 0 Å². The molecule has 1 fully saturated rings. The van der Waals surface area contributed by atoms with Crippen LogP contribution in [-0.4, -0.2) is 38.8 Å².